The Hall–Kier alpha value is 0.390. The molecule has 1 saturated heterocycles. The number of rotatable bonds is 3. The first-order chi connectivity index (χ1) is 6.83. The molecule has 1 heterocycles. The smallest absolute Gasteiger partial charge is 0.331 e. The zero-order valence-electron chi connectivity index (χ0n) is 9.30. The summed E-state index contributed by atoms with van der Waals surface area (Å²) in [6.07, 6.45) is 1.09. The van der Waals surface area contributed by atoms with E-state index in [4.69, 9.17) is 4.74 Å². The average Bonchev–Trinajstić information content (AvgIpc) is 2.51. The molecule has 1 unspecified atom stereocenters. The fourth-order valence-corrected chi connectivity index (χ4v) is 2.08. The lowest BCUT2D eigenvalue weighted by atomic mass is 9.90. The molecule has 5 heteroatoms. The van der Waals surface area contributed by atoms with Crippen LogP contribution in [0.4, 0.5) is 0 Å². The van der Waals surface area contributed by atoms with Crippen molar-refractivity contribution in [2.45, 2.75) is 29.6 Å². The van der Waals surface area contributed by atoms with E-state index in [1.807, 2.05) is 13.8 Å². The van der Waals surface area contributed by atoms with Crippen LogP contribution in [0.3, 0.4) is 0 Å². The van der Waals surface area contributed by atoms with Gasteiger partial charge in [0.15, 0.2) is 3.74 Å². The maximum atomic E-state index is 11.5. The quantitative estimate of drug-likeness (QED) is 0.582. The molecule has 0 N–H and O–H groups in total. The molecule has 0 saturated carbocycles. The highest BCUT2D eigenvalue weighted by molar-refractivity contribution is 9.25. The average molecular weight is 343 g/mol. The van der Waals surface area contributed by atoms with Crippen molar-refractivity contribution in [2.24, 2.45) is 5.92 Å². The third kappa shape index (κ3) is 3.71. The highest BCUT2D eigenvalue weighted by Crippen LogP contribution is 2.30. The Balaban J connectivity index is 2.55. The molecule has 0 amide bonds. The zero-order valence-corrected chi connectivity index (χ0v) is 12.5. The minimum Gasteiger partial charge on any atom is -0.458 e. The van der Waals surface area contributed by atoms with Crippen molar-refractivity contribution in [3.05, 3.63) is 0 Å². The van der Waals surface area contributed by atoms with Gasteiger partial charge in [0.25, 0.3) is 0 Å². The van der Waals surface area contributed by atoms with Crippen LogP contribution in [0.5, 0.6) is 0 Å². The van der Waals surface area contributed by atoms with Crippen LogP contribution in [-0.4, -0.2) is 40.3 Å². The van der Waals surface area contributed by atoms with E-state index in [1.54, 1.807) is 0 Å². The minimum absolute atomic E-state index is 0.255. The van der Waals surface area contributed by atoms with Gasteiger partial charge in [-0.15, -0.1) is 0 Å². The van der Waals surface area contributed by atoms with Gasteiger partial charge in [-0.2, -0.15) is 0 Å². The summed E-state index contributed by atoms with van der Waals surface area (Å²) in [6.45, 7) is 6.04. The van der Waals surface area contributed by atoms with E-state index in [1.165, 1.54) is 0 Å². The van der Waals surface area contributed by atoms with E-state index in [-0.39, 0.29) is 11.6 Å². The number of hydrogen-bond donors (Lipinski definition) is 0. The number of hydrogen-bond acceptors (Lipinski definition) is 3. The molecule has 0 aromatic carbocycles. The van der Waals surface area contributed by atoms with Gasteiger partial charge in [-0.3, -0.25) is 0 Å². The Morgan fingerprint density at radius 3 is 2.53 bits per heavy atom. The molecule has 0 spiro atoms. The van der Waals surface area contributed by atoms with Crippen molar-refractivity contribution in [2.75, 3.05) is 20.1 Å². The fourth-order valence-electron chi connectivity index (χ4n) is 1.89. The monoisotopic (exact) mass is 341 g/mol. The Morgan fingerprint density at radius 2 is 2.13 bits per heavy atom. The van der Waals surface area contributed by atoms with Crippen molar-refractivity contribution in [1.82, 2.24) is 4.90 Å². The standard InChI is InChI=1S/C10H17Br2NO2/c1-10(2,15-9(14)8(11)12)7-4-5-13(3)6-7/h7-8H,4-6H2,1-3H3. The van der Waals surface area contributed by atoms with Crippen molar-refractivity contribution < 1.29 is 9.53 Å². The van der Waals surface area contributed by atoms with E-state index >= 15 is 0 Å². The van der Waals surface area contributed by atoms with E-state index < -0.39 is 3.74 Å². The van der Waals surface area contributed by atoms with Crippen molar-refractivity contribution >= 4 is 37.8 Å². The molecule has 1 rings (SSSR count). The largest absolute Gasteiger partial charge is 0.458 e. The Morgan fingerprint density at radius 1 is 1.53 bits per heavy atom. The van der Waals surface area contributed by atoms with Gasteiger partial charge in [0.2, 0.25) is 0 Å². The van der Waals surface area contributed by atoms with Gasteiger partial charge in [0, 0.05) is 12.5 Å². The summed E-state index contributed by atoms with van der Waals surface area (Å²) in [5, 5.41) is 0. The number of carbonyl (C=O) groups is 1. The first-order valence-electron chi connectivity index (χ1n) is 5.02. The zero-order chi connectivity index (χ0) is 11.6. The van der Waals surface area contributed by atoms with E-state index in [0.29, 0.717) is 5.92 Å². The number of ether oxygens (including phenoxy) is 1. The highest BCUT2D eigenvalue weighted by Gasteiger charge is 2.37. The number of halogens is 2. The first-order valence-corrected chi connectivity index (χ1v) is 6.85. The molecule has 0 aliphatic carbocycles. The lowest BCUT2D eigenvalue weighted by Gasteiger charge is -2.31. The van der Waals surface area contributed by atoms with Crippen LogP contribution < -0.4 is 0 Å². The molecule has 0 radical (unpaired) electrons. The Kier molecular flexibility index (Phi) is 4.62. The summed E-state index contributed by atoms with van der Waals surface area (Å²) in [6, 6.07) is 0. The lowest BCUT2D eigenvalue weighted by molar-refractivity contribution is -0.158. The molecular weight excluding hydrogens is 326 g/mol. The van der Waals surface area contributed by atoms with Gasteiger partial charge in [-0.25, -0.2) is 4.79 Å². The molecule has 3 nitrogen and oxygen atoms in total. The summed E-state index contributed by atoms with van der Waals surface area (Å²) in [7, 11) is 2.09. The van der Waals surface area contributed by atoms with Gasteiger partial charge < -0.3 is 9.64 Å². The van der Waals surface area contributed by atoms with E-state index in [2.05, 4.69) is 43.8 Å². The second-order valence-electron chi connectivity index (χ2n) is 4.57. The highest BCUT2D eigenvalue weighted by atomic mass is 79.9. The number of likely N-dealkylation sites (tertiary alicyclic amines) is 1. The molecule has 15 heavy (non-hydrogen) atoms. The molecule has 0 bridgehead atoms. The number of nitrogens with zero attached hydrogens (tertiary/aromatic N) is 1. The lowest BCUT2D eigenvalue weighted by Crippen LogP contribution is -2.39. The third-order valence-corrected chi connectivity index (χ3v) is 3.66. The van der Waals surface area contributed by atoms with Gasteiger partial charge in [-0.05, 0) is 33.9 Å². The second-order valence-corrected chi connectivity index (χ2v) is 7.63. The maximum Gasteiger partial charge on any atom is 0.331 e. The molecule has 0 aromatic heterocycles. The summed E-state index contributed by atoms with van der Waals surface area (Å²) in [5.41, 5.74) is -0.387. The summed E-state index contributed by atoms with van der Waals surface area (Å²) >= 11 is 6.29. The molecule has 1 aliphatic heterocycles. The minimum atomic E-state index is -0.414. The topological polar surface area (TPSA) is 29.5 Å². The van der Waals surface area contributed by atoms with Gasteiger partial charge >= 0.3 is 5.97 Å². The fraction of sp³-hybridized carbons (Fsp3) is 0.900. The SMILES string of the molecule is CN1CCC(C(C)(C)OC(=O)C(Br)Br)C1. The van der Waals surface area contributed by atoms with Crippen LogP contribution in [0.25, 0.3) is 0 Å². The van der Waals surface area contributed by atoms with Crippen LogP contribution >= 0.6 is 31.9 Å². The predicted molar refractivity (Wildman–Crippen MR) is 67.4 cm³/mol. The van der Waals surface area contributed by atoms with E-state index in [0.717, 1.165) is 19.5 Å². The second kappa shape index (κ2) is 5.15. The Labute approximate surface area is 108 Å². The Bertz CT molecular complexity index is 244. The molecular formula is C10H17Br2NO2. The van der Waals surface area contributed by atoms with Crippen LogP contribution in [0, 0.1) is 5.92 Å². The van der Waals surface area contributed by atoms with Crippen LogP contribution in [0.1, 0.15) is 20.3 Å². The first kappa shape index (κ1) is 13.5. The number of carbonyl (C=O) groups excluding carboxylic acids is 1. The maximum absolute atomic E-state index is 11.5. The van der Waals surface area contributed by atoms with Crippen molar-refractivity contribution in [3.63, 3.8) is 0 Å². The predicted octanol–water partition coefficient (Wildman–Crippen LogP) is 2.38. The molecule has 1 aliphatic rings. The summed E-state index contributed by atoms with van der Waals surface area (Å²) < 4.78 is 5.06. The van der Waals surface area contributed by atoms with Gasteiger partial charge in [-0.1, -0.05) is 31.9 Å². The molecule has 0 aromatic rings. The molecule has 88 valence electrons. The third-order valence-electron chi connectivity index (χ3n) is 2.92. The van der Waals surface area contributed by atoms with Crippen LogP contribution in [0.2, 0.25) is 0 Å². The number of alkyl halides is 2. The number of esters is 1. The van der Waals surface area contributed by atoms with Gasteiger partial charge in [0.1, 0.15) is 5.60 Å². The summed E-state index contributed by atoms with van der Waals surface area (Å²) in [4.78, 5) is 13.7. The van der Waals surface area contributed by atoms with Crippen LogP contribution in [-0.2, 0) is 9.53 Å². The van der Waals surface area contributed by atoms with E-state index in [9.17, 15) is 4.79 Å². The van der Waals surface area contributed by atoms with Crippen molar-refractivity contribution in [3.8, 4) is 0 Å². The molecule has 1 fully saturated rings. The summed E-state index contributed by atoms with van der Waals surface area (Å²) in [5.74, 6) is 0.166. The van der Waals surface area contributed by atoms with Gasteiger partial charge in [0.05, 0.1) is 0 Å². The normalized spacial score (nSPS) is 23.5. The van der Waals surface area contributed by atoms with Crippen LogP contribution in [0.15, 0.2) is 0 Å². The molecule has 1 atom stereocenters. The van der Waals surface area contributed by atoms with Crippen molar-refractivity contribution in [1.29, 1.82) is 0 Å².